The summed E-state index contributed by atoms with van der Waals surface area (Å²) in [5, 5.41) is 29.6. The summed E-state index contributed by atoms with van der Waals surface area (Å²) < 4.78 is 0. The monoisotopic (exact) mass is 230 g/mol. The fraction of sp³-hybridized carbons (Fsp3) is 0.143. The number of para-hydroxylation sites is 1. The molecule has 0 aliphatic heterocycles. The van der Waals surface area contributed by atoms with E-state index in [1.165, 1.54) is 6.07 Å². The maximum atomic E-state index is 10.0. The van der Waals surface area contributed by atoms with E-state index in [2.05, 4.69) is 0 Å². The second kappa shape index (κ2) is 4.99. The molecule has 2 aromatic carbocycles. The van der Waals surface area contributed by atoms with Crippen LogP contribution in [0.4, 0.5) is 0 Å². The van der Waals surface area contributed by atoms with Crippen LogP contribution in [0.15, 0.2) is 54.6 Å². The lowest BCUT2D eigenvalue weighted by molar-refractivity contribution is 0.0159. The molecule has 0 aromatic heterocycles. The number of aliphatic hydroxyl groups is 2. The molecule has 0 radical (unpaired) electrons. The Bertz CT molecular complexity index is 482. The minimum atomic E-state index is -1.14. The summed E-state index contributed by atoms with van der Waals surface area (Å²) in [5.41, 5.74) is 0.937. The zero-order valence-electron chi connectivity index (χ0n) is 9.19. The van der Waals surface area contributed by atoms with Crippen molar-refractivity contribution in [2.24, 2.45) is 0 Å². The largest absolute Gasteiger partial charge is 0.508 e. The van der Waals surface area contributed by atoms with Crippen LogP contribution < -0.4 is 0 Å². The van der Waals surface area contributed by atoms with Gasteiger partial charge in [-0.3, -0.25) is 0 Å². The first-order chi connectivity index (χ1) is 8.20. The Morgan fingerprint density at radius 2 is 1.29 bits per heavy atom. The Labute approximate surface area is 99.6 Å². The minimum absolute atomic E-state index is 0.0185. The maximum absolute atomic E-state index is 10.0. The normalized spacial score (nSPS) is 14.2. The Morgan fingerprint density at radius 3 is 1.94 bits per heavy atom. The molecule has 2 atom stereocenters. The number of rotatable bonds is 3. The molecule has 2 unspecified atom stereocenters. The molecule has 0 heterocycles. The highest BCUT2D eigenvalue weighted by molar-refractivity contribution is 5.35. The van der Waals surface area contributed by atoms with Gasteiger partial charge >= 0.3 is 0 Å². The van der Waals surface area contributed by atoms with Crippen LogP contribution in [0.25, 0.3) is 0 Å². The topological polar surface area (TPSA) is 60.7 Å². The first-order valence-corrected chi connectivity index (χ1v) is 5.39. The molecular formula is C14H14O3. The van der Waals surface area contributed by atoms with Crippen LogP contribution in [-0.2, 0) is 0 Å². The molecule has 17 heavy (non-hydrogen) atoms. The SMILES string of the molecule is Oc1ccccc1C(O)C(O)c1ccccc1. The zero-order chi connectivity index (χ0) is 12.3. The van der Waals surface area contributed by atoms with Gasteiger partial charge in [0.05, 0.1) is 0 Å². The van der Waals surface area contributed by atoms with Gasteiger partial charge in [0.1, 0.15) is 18.0 Å². The number of phenolic OH excluding ortho intramolecular Hbond substituents is 1. The quantitative estimate of drug-likeness (QED) is 0.757. The lowest BCUT2D eigenvalue weighted by atomic mass is 9.98. The van der Waals surface area contributed by atoms with E-state index in [4.69, 9.17) is 0 Å². The molecule has 0 amide bonds. The van der Waals surface area contributed by atoms with Crippen LogP contribution in [0.5, 0.6) is 5.75 Å². The molecule has 2 aromatic rings. The third-order valence-electron chi connectivity index (χ3n) is 2.70. The summed E-state index contributed by atoms with van der Waals surface area (Å²) in [6.45, 7) is 0. The molecule has 88 valence electrons. The van der Waals surface area contributed by atoms with E-state index in [1.807, 2.05) is 6.07 Å². The molecular weight excluding hydrogens is 216 g/mol. The Hall–Kier alpha value is -1.84. The van der Waals surface area contributed by atoms with E-state index in [0.29, 0.717) is 11.1 Å². The number of benzene rings is 2. The van der Waals surface area contributed by atoms with Crippen molar-refractivity contribution >= 4 is 0 Å². The van der Waals surface area contributed by atoms with Crippen LogP contribution in [0.1, 0.15) is 23.3 Å². The van der Waals surface area contributed by atoms with Crippen molar-refractivity contribution in [1.29, 1.82) is 0 Å². The van der Waals surface area contributed by atoms with Gasteiger partial charge in [-0.05, 0) is 11.6 Å². The lowest BCUT2D eigenvalue weighted by Gasteiger charge is -2.19. The highest BCUT2D eigenvalue weighted by Gasteiger charge is 2.22. The summed E-state index contributed by atoms with van der Waals surface area (Å²) in [7, 11) is 0. The van der Waals surface area contributed by atoms with Crippen molar-refractivity contribution in [2.75, 3.05) is 0 Å². The molecule has 3 nitrogen and oxygen atoms in total. The van der Waals surface area contributed by atoms with Gasteiger partial charge in [0.15, 0.2) is 0 Å². The van der Waals surface area contributed by atoms with Crippen molar-refractivity contribution in [3.63, 3.8) is 0 Å². The van der Waals surface area contributed by atoms with Gasteiger partial charge in [-0.2, -0.15) is 0 Å². The van der Waals surface area contributed by atoms with Crippen LogP contribution >= 0.6 is 0 Å². The summed E-state index contributed by atoms with van der Waals surface area (Å²) in [6.07, 6.45) is -2.19. The summed E-state index contributed by atoms with van der Waals surface area (Å²) >= 11 is 0. The molecule has 0 bridgehead atoms. The molecule has 0 saturated heterocycles. The number of aromatic hydroxyl groups is 1. The van der Waals surface area contributed by atoms with E-state index in [1.54, 1.807) is 42.5 Å². The van der Waals surface area contributed by atoms with Gasteiger partial charge in [0.2, 0.25) is 0 Å². The van der Waals surface area contributed by atoms with Crippen molar-refractivity contribution in [3.8, 4) is 5.75 Å². The van der Waals surface area contributed by atoms with Crippen molar-refractivity contribution in [2.45, 2.75) is 12.2 Å². The third-order valence-corrected chi connectivity index (χ3v) is 2.70. The molecule has 0 aliphatic carbocycles. The fourth-order valence-electron chi connectivity index (χ4n) is 1.74. The van der Waals surface area contributed by atoms with Crippen LogP contribution in [0, 0.1) is 0 Å². The van der Waals surface area contributed by atoms with Gasteiger partial charge in [-0.15, -0.1) is 0 Å². The van der Waals surface area contributed by atoms with Crippen LogP contribution in [0.3, 0.4) is 0 Å². The molecule has 2 rings (SSSR count). The second-order valence-electron chi connectivity index (χ2n) is 3.86. The van der Waals surface area contributed by atoms with E-state index >= 15 is 0 Å². The van der Waals surface area contributed by atoms with E-state index < -0.39 is 12.2 Å². The molecule has 0 saturated carbocycles. The lowest BCUT2D eigenvalue weighted by Crippen LogP contribution is -2.10. The number of hydrogen-bond donors (Lipinski definition) is 3. The maximum Gasteiger partial charge on any atom is 0.121 e. The predicted octanol–water partition coefficient (Wildman–Crippen LogP) is 2.16. The fourth-order valence-corrected chi connectivity index (χ4v) is 1.74. The Balaban J connectivity index is 2.27. The van der Waals surface area contributed by atoms with Crippen LogP contribution in [0.2, 0.25) is 0 Å². The third kappa shape index (κ3) is 2.46. The number of hydrogen-bond acceptors (Lipinski definition) is 3. The minimum Gasteiger partial charge on any atom is -0.508 e. The number of aliphatic hydroxyl groups excluding tert-OH is 2. The van der Waals surface area contributed by atoms with Gasteiger partial charge < -0.3 is 15.3 Å². The summed E-state index contributed by atoms with van der Waals surface area (Å²) in [6, 6.07) is 15.3. The van der Waals surface area contributed by atoms with Gasteiger partial charge in [0, 0.05) is 5.56 Å². The number of phenols is 1. The smallest absolute Gasteiger partial charge is 0.121 e. The average Bonchev–Trinajstić information content (AvgIpc) is 2.39. The molecule has 3 heteroatoms. The summed E-state index contributed by atoms with van der Waals surface area (Å²) in [4.78, 5) is 0. The zero-order valence-corrected chi connectivity index (χ0v) is 9.19. The van der Waals surface area contributed by atoms with Gasteiger partial charge in [0.25, 0.3) is 0 Å². The molecule has 0 aliphatic rings. The Morgan fingerprint density at radius 1 is 0.706 bits per heavy atom. The van der Waals surface area contributed by atoms with E-state index in [9.17, 15) is 15.3 Å². The van der Waals surface area contributed by atoms with Gasteiger partial charge in [-0.1, -0.05) is 48.5 Å². The summed E-state index contributed by atoms with van der Waals surface area (Å²) in [5.74, 6) is -0.0185. The van der Waals surface area contributed by atoms with E-state index in [-0.39, 0.29) is 5.75 Å². The highest BCUT2D eigenvalue weighted by atomic mass is 16.3. The molecule has 0 spiro atoms. The standard InChI is InChI=1S/C14H14O3/c15-12-9-5-4-8-11(12)14(17)13(16)10-6-2-1-3-7-10/h1-9,13-17H. The Kier molecular flexibility index (Phi) is 3.42. The van der Waals surface area contributed by atoms with Crippen molar-refractivity contribution in [3.05, 3.63) is 65.7 Å². The van der Waals surface area contributed by atoms with Crippen molar-refractivity contribution < 1.29 is 15.3 Å². The first kappa shape index (κ1) is 11.6. The highest BCUT2D eigenvalue weighted by Crippen LogP contribution is 2.33. The predicted molar refractivity (Wildman–Crippen MR) is 64.5 cm³/mol. The van der Waals surface area contributed by atoms with Crippen LogP contribution in [-0.4, -0.2) is 15.3 Å². The molecule has 3 N–H and O–H groups in total. The molecule has 0 fully saturated rings. The second-order valence-corrected chi connectivity index (χ2v) is 3.86. The average molecular weight is 230 g/mol. The first-order valence-electron chi connectivity index (χ1n) is 5.39. The van der Waals surface area contributed by atoms with Crippen molar-refractivity contribution in [1.82, 2.24) is 0 Å². The van der Waals surface area contributed by atoms with E-state index in [0.717, 1.165) is 0 Å². The van der Waals surface area contributed by atoms with Gasteiger partial charge in [-0.25, -0.2) is 0 Å².